The maximum absolute atomic E-state index is 12.8. The van der Waals surface area contributed by atoms with Crippen LogP contribution in [0.15, 0.2) is 54.6 Å². The average Bonchev–Trinajstić information content (AvgIpc) is 3.06. The molecule has 2 rings (SSSR count). The lowest BCUT2D eigenvalue weighted by atomic mass is 9.80. The molecule has 0 bridgehead atoms. The molecule has 0 aromatic heterocycles. The van der Waals surface area contributed by atoms with Crippen molar-refractivity contribution in [2.45, 2.75) is 161 Å². The minimum Gasteiger partial charge on any atom is -0.497 e. The molecule has 2 aromatic rings. The molecule has 2 aromatic carbocycles. The van der Waals surface area contributed by atoms with Gasteiger partial charge in [0.25, 0.3) is 0 Å². The van der Waals surface area contributed by atoms with Gasteiger partial charge < -0.3 is 9.47 Å². The number of ether oxygens (including phenoxy) is 2. The van der Waals surface area contributed by atoms with Gasteiger partial charge in [0.05, 0.1) is 19.6 Å². The van der Waals surface area contributed by atoms with Crippen LogP contribution in [0.1, 0.15) is 172 Å². The summed E-state index contributed by atoms with van der Waals surface area (Å²) in [5.41, 5.74) is 2.73. The first-order valence-corrected chi connectivity index (χ1v) is 18.4. The molecule has 3 atom stereocenters. The third-order valence-corrected chi connectivity index (χ3v) is 9.51. The van der Waals surface area contributed by atoms with E-state index in [2.05, 4.69) is 68.4 Å². The van der Waals surface area contributed by atoms with E-state index in [1.165, 1.54) is 101 Å². The fraction of sp³-hybridized carbons (Fsp3) is 0.683. The van der Waals surface area contributed by atoms with Crippen molar-refractivity contribution in [1.29, 1.82) is 0 Å². The van der Waals surface area contributed by atoms with Crippen molar-refractivity contribution in [1.82, 2.24) is 0 Å². The van der Waals surface area contributed by atoms with Crippen LogP contribution in [0, 0.1) is 5.92 Å². The zero-order valence-electron chi connectivity index (χ0n) is 29.0. The lowest BCUT2D eigenvalue weighted by Crippen LogP contribution is -2.17. The Morgan fingerprint density at radius 1 is 0.614 bits per heavy atom. The number of hydrogen-bond acceptors (Lipinski definition) is 3. The smallest absolute Gasteiger partial charge is 0.308 e. The summed E-state index contributed by atoms with van der Waals surface area (Å²) in [6.45, 7) is 7.17. The topological polar surface area (TPSA) is 35.5 Å². The Bertz CT molecular complexity index is 938. The van der Waals surface area contributed by atoms with Gasteiger partial charge in [0, 0.05) is 0 Å². The van der Waals surface area contributed by atoms with Gasteiger partial charge in [0.2, 0.25) is 0 Å². The SMILES string of the molecule is CCCCCCCCCCCCCCCCCCOC(=O)C(C)CCC(CC(CC)c1ccccc1)c1ccc(OC)cc1. The molecule has 0 amide bonds. The molecule has 0 aliphatic heterocycles. The molecule has 3 heteroatoms. The van der Waals surface area contributed by atoms with E-state index in [4.69, 9.17) is 9.47 Å². The van der Waals surface area contributed by atoms with Gasteiger partial charge in [-0.1, -0.05) is 160 Å². The van der Waals surface area contributed by atoms with Gasteiger partial charge in [-0.3, -0.25) is 4.79 Å². The molecule has 0 fully saturated rings. The molecular weight excluding hydrogens is 540 g/mol. The Kier molecular flexibility index (Phi) is 21.5. The summed E-state index contributed by atoms with van der Waals surface area (Å²) in [6, 6.07) is 19.4. The lowest BCUT2D eigenvalue weighted by Gasteiger charge is -2.25. The van der Waals surface area contributed by atoms with Crippen molar-refractivity contribution < 1.29 is 14.3 Å². The third-order valence-electron chi connectivity index (χ3n) is 9.51. The number of esters is 1. The Hall–Kier alpha value is -2.29. The van der Waals surface area contributed by atoms with Gasteiger partial charge >= 0.3 is 5.97 Å². The Morgan fingerprint density at radius 3 is 1.61 bits per heavy atom. The predicted octanol–water partition coefficient (Wildman–Crippen LogP) is 12.6. The van der Waals surface area contributed by atoms with Gasteiger partial charge in [0.15, 0.2) is 0 Å². The van der Waals surface area contributed by atoms with Crippen LogP contribution < -0.4 is 4.74 Å². The summed E-state index contributed by atoms with van der Waals surface area (Å²) in [5.74, 6) is 1.67. The number of carbonyl (C=O) groups is 1. The van der Waals surface area contributed by atoms with Crippen LogP contribution in [0.5, 0.6) is 5.75 Å². The zero-order chi connectivity index (χ0) is 31.7. The summed E-state index contributed by atoms with van der Waals surface area (Å²) >= 11 is 0. The molecule has 44 heavy (non-hydrogen) atoms. The maximum Gasteiger partial charge on any atom is 0.308 e. The second-order valence-electron chi connectivity index (χ2n) is 13.2. The summed E-state index contributed by atoms with van der Waals surface area (Å²) in [7, 11) is 1.71. The normalized spacial score (nSPS) is 13.4. The highest BCUT2D eigenvalue weighted by molar-refractivity contribution is 5.71. The van der Waals surface area contributed by atoms with Crippen LogP contribution >= 0.6 is 0 Å². The first kappa shape index (κ1) is 37.9. The van der Waals surface area contributed by atoms with E-state index >= 15 is 0 Å². The highest BCUT2D eigenvalue weighted by Gasteiger charge is 2.22. The Morgan fingerprint density at radius 2 is 1.11 bits per heavy atom. The van der Waals surface area contributed by atoms with Crippen LogP contribution in [-0.4, -0.2) is 19.7 Å². The summed E-state index contributed by atoms with van der Waals surface area (Å²) < 4.78 is 11.1. The van der Waals surface area contributed by atoms with Crippen molar-refractivity contribution >= 4 is 5.97 Å². The molecule has 0 heterocycles. The number of unbranched alkanes of at least 4 members (excludes halogenated alkanes) is 15. The van der Waals surface area contributed by atoms with E-state index in [0.29, 0.717) is 18.4 Å². The molecule has 0 saturated heterocycles. The lowest BCUT2D eigenvalue weighted by molar-refractivity contribution is -0.148. The first-order chi connectivity index (χ1) is 21.6. The molecule has 3 unspecified atom stereocenters. The number of rotatable bonds is 27. The Labute approximate surface area is 271 Å². The molecule has 0 saturated carbocycles. The molecule has 0 aliphatic rings. The number of methoxy groups -OCH3 is 1. The largest absolute Gasteiger partial charge is 0.497 e. The molecule has 248 valence electrons. The van der Waals surface area contributed by atoms with Gasteiger partial charge in [-0.25, -0.2) is 0 Å². The Balaban J connectivity index is 1.60. The fourth-order valence-corrected chi connectivity index (χ4v) is 6.44. The molecule has 0 spiro atoms. The van der Waals surface area contributed by atoms with E-state index in [1.807, 2.05) is 6.92 Å². The van der Waals surface area contributed by atoms with Gasteiger partial charge in [-0.2, -0.15) is 0 Å². The second-order valence-corrected chi connectivity index (χ2v) is 13.2. The summed E-state index contributed by atoms with van der Waals surface area (Å²) in [4.78, 5) is 12.8. The second kappa shape index (κ2) is 25.0. The van der Waals surface area contributed by atoms with Crippen LogP contribution in [0.4, 0.5) is 0 Å². The van der Waals surface area contributed by atoms with Crippen molar-refractivity contribution in [2.24, 2.45) is 5.92 Å². The molecule has 3 nitrogen and oxygen atoms in total. The van der Waals surface area contributed by atoms with Crippen LogP contribution in [0.2, 0.25) is 0 Å². The number of carbonyl (C=O) groups excluding carboxylic acids is 1. The molecule has 0 radical (unpaired) electrons. The van der Waals surface area contributed by atoms with Gasteiger partial charge in [-0.05, 0) is 67.2 Å². The monoisotopic (exact) mass is 607 g/mol. The number of benzene rings is 2. The van der Waals surface area contributed by atoms with Crippen molar-refractivity contribution in [3.8, 4) is 5.75 Å². The minimum atomic E-state index is -0.0754. The third kappa shape index (κ3) is 16.7. The minimum absolute atomic E-state index is 0.0328. The highest BCUT2D eigenvalue weighted by Crippen LogP contribution is 2.36. The summed E-state index contributed by atoms with van der Waals surface area (Å²) in [6.07, 6.45) is 25.6. The summed E-state index contributed by atoms with van der Waals surface area (Å²) in [5, 5.41) is 0. The quantitative estimate of drug-likeness (QED) is 0.0749. The number of hydrogen-bond donors (Lipinski definition) is 0. The first-order valence-electron chi connectivity index (χ1n) is 18.4. The van der Waals surface area contributed by atoms with Gasteiger partial charge in [0.1, 0.15) is 5.75 Å². The van der Waals surface area contributed by atoms with E-state index in [1.54, 1.807) is 7.11 Å². The predicted molar refractivity (Wildman–Crippen MR) is 189 cm³/mol. The van der Waals surface area contributed by atoms with E-state index in [9.17, 15) is 4.79 Å². The molecule has 0 N–H and O–H groups in total. The standard InChI is InChI=1S/C41H66O3/c1-5-7-8-9-10-11-12-13-14-15-16-17-18-19-20-24-33-44-41(42)35(3)27-28-39(38-29-31-40(43-4)32-30-38)34-36(6-2)37-25-22-21-23-26-37/h21-23,25-26,29-32,35-36,39H,5-20,24,27-28,33-34H2,1-4H3. The van der Waals surface area contributed by atoms with Crippen LogP contribution in [0.25, 0.3) is 0 Å². The fourth-order valence-electron chi connectivity index (χ4n) is 6.44. The molecular formula is C41H66O3. The average molecular weight is 607 g/mol. The van der Waals surface area contributed by atoms with E-state index in [-0.39, 0.29) is 11.9 Å². The zero-order valence-corrected chi connectivity index (χ0v) is 29.0. The van der Waals surface area contributed by atoms with Crippen molar-refractivity contribution in [3.63, 3.8) is 0 Å². The molecule has 0 aliphatic carbocycles. The van der Waals surface area contributed by atoms with Crippen LogP contribution in [0.3, 0.4) is 0 Å². The van der Waals surface area contributed by atoms with Crippen molar-refractivity contribution in [3.05, 3.63) is 65.7 Å². The van der Waals surface area contributed by atoms with Crippen molar-refractivity contribution in [2.75, 3.05) is 13.7 Å². The maximum atomic E-state index is 12.8. The van der Waals surface area contributed by atoms with E-state index in [0.717, 1.165) is 44.3 Å². The van der Waals surface area contributed by atoms with Crippen LogP contribution in [-0.2, 0) is 9.53 Å². The van der Waals surface area contributed by atoms with Gasteiger partial charge in [-0.15, -0.1) is 0 Å². The van der Waals surface area contributed by atoms with E-state index < -0.39 is 0 Å². The highest BCUT2D eigenvalue weighted by atomic mass is 16.5.